The molecule has 2 aliphatic heterocycles. The standard InChI is InChI=1S/C20H21ClN2O3S/c1-11-4-5-13-8-14(18(21)22-17(13)12(11)2)9-26-19(25)15-10-27-20(3)7-6-16(24)23(15)20/h4-5,8,15H,6-7,9-10H2,1-3H3/t15-,20+/m1/s1. The molecule has 0 N–H and O–H groups in total. The minimum absolute atomic E-state index is 0.0284. The number of fused-ring (bicyclic) bond motifs is 2. The smallest absolute Gasteiger partial charge is 0.330 e. The highest BCUT2D eigenvalue weighted by atomic mass is 35.5. The Morgan fingerprint density at radius 2 is 2.22 bits per heavy atom. The fourth-order valence-electron chi connectivity index (χ4n) is 3.85. The van der Waals surface area contributed by atoms with Gasteiger partial charge in [0, 0.05) is 23.1 Å². The first-order chi connectivity index (χ1) is 12.8. The largest absolute Gasteiger partial charge is 0.459 e. The third-order valence-corrected chi connectivity index (χ3v) is 7.46. The molecule has 0 bridgehead atoms. The number of aryl methyl sites for hydroxylation is 2. The van der Waals surface area contributed by atoms with E-state index in [-0.39, 0.29) is 23.4 Å². The van der Waals surface area contributed by atoms with E-state index in [0.29, 0.717) is 22.9 Å². The molecule has 7 heteroatoms. The second-order valence-corrected chi connectivity index (χ2v) is 9.25. The van der Waals surface area contributed by atoms with Crippen molar-refractivity contribution in [2.45, 2.75) is 51.1 Å². The summed E-state index contributed by atoms with van der Waals surface area (Å²) in [5.41, 5.74) is 3.78. The van der Waals surface area contributed by atoms with Crippen LogP contribution in [-0.4, -0.2) is 38.4 Å². The molecule has 27 heavy (non-hydrogen) atoms. The quantitative estimate of drug-likeness (QED) is 0.571. The van der Waals surface area contributed by atoms with E-state index in [1.807, 2.05) is 39.0 Å². The maximum absolute atomic E-state index is 12.6. The Bertz CT molecular complexity index is 964. The summed E-state index contributed by atoms with van der Waals surface area (Å²) in [6.45, 7) is 6.12. The minimum Gasteiger partial charge on any atom is -0.459 e. The van der Waals surface area contributed by atoms with Crippen LogP contribution in [0.4, 0.5) is 0 Å². The van der Waals surface area contributed by atoms with Crippen LogP contribution in [0.3, 0.4) is 0 Å². The van der Waals surface area contributed by atoms with Gasteiger partial charge in [-0.2, -0.15) is 0 Å². The first kappa shape index (κ1) is 18.6. The Balaban J connectivity index is 1.52. The van der Waals surface area contributed by atoms with Crippen LogP contribution in [0.25, 0.3) is 10.9 Å². The first-order valence-electron chi connectivity index (χ1n) is 8.98. The highest BCUT2D eigenvalue weighted by Crippen LogP contribution is 2.47. The number of rotatable bonds is 3. The molecule has 2 fully saturated rings. The third kappa shape index (κ3) is 3.09. The lowest BCUT2D eigenvalue weighted by atomic mass is 10.0. The SMILES string of the molecule is Cc1ccc2cc(COC(=O)[C@H]3CS[C@@]4(C)CCC(=O)N34)c(Cl)nc2c1C. The summed E-state index contributed by atoms with van der Waals surface area (Å²) in [4.78, 5) is 30.7. The highest BCUT2D eigenvalue weighted by molar-refractivity contribution is 8.01. The molecule has 2 aromatic rings. The van der Waals surface area contributed by atoms with Crippen LogP contribution in [-0.2, 0) is 20.9 Å². The second kappa shape index (κ2) is 6.67. The maximum Gasteiger partial charge on any atom is 0.330 e. The molecular weight excluding hydrogens is 384 g/mol. The topological polar surface area (TPSA) is 59.5 Å². The van der Waals surface area contributed by atoms with Gasteiger partial charge in [0.15, 0.2) is 0 Å². The number of thioether (sulfide) groups is 1. The summed E-state index contributed by atoms with van der Waals surface area (Å²) < 4.78 is 5.53. The summed E-state index contributed by atoms with van der Waals surface area (Å²) >= 11 is 7.98. The molecule has 1 aromatic heterocycles. The van der Waals surface area contributed by atoms with Gasteiger partial charge in [-0.25, -0.2) is 9.78 Å². The predicted molar refractivity (Wildman–Crippen MR) is 107 cm³/mol. The van der Waals surface area contributed by atoms with Crippen LogP contribution in [0.5, 0.6) is 0 Å². The maximum atomic E-state index is 12.6. The molecule has 3 heterocycles. The molecule has 5 nitrogen and oxygen atoms in total. The van der Waals surface area contributed by atoms with Crippen molar-refractivity contribution in [3.05, 3.63) is 40.0 Å². The minimum atomic E-state index is -0.521. The molecule has 0 saturated carbocycles. The van der Waals surface area contributed by atoms with Crippen molar-refractivity contribution in [2.75, 3.05) is 5.75 Å². The van der Waals surface area contributed by atoms with Gasteiger partial charge in [0.25, 0.3) is 0 Å². The second-order valence-electron chi connectivity index (χ2n) is 7.39. The van der Waals surface area contributed by atoms with Gasteiger partial charge >= 0.3 is 5.97 Å². The van der Waals surface area contributed by atoms with Crippen molar-refractivity contribution >= 4 is 46.1 Å². The number of ether oxygens (including phenoxy) is 1. The fraction of sp³-hybridized carbons (Fsp3) is 0.450. The van der Waals surface area contributed by atoms with Gasteiger partial charge in [0.05, 0.1) is 10.4 Å². The van der Waals surface area contributed by atoms with Crippen molar-refractivity contribution in [1.82, 2.24) is 9.88 Å². The molecule has 0 unspecified atom stereocenters. The van der Waals surface area contributed by atoms with Crippen LogP contribution in [0.15, 0.2) is 18.2 Å². The van der Waals surface area contributed by atoms with Gasteiger partial charge in [-0.05, 0) is 44.4 Å². The highest BCUT2D eigenvalue weighted by Gasteiger charge is 2.53. The van der Waals surface area contributed by atoms with Crippen molar-refractivity contribution < 1.29 is 14.3 Å². The molecule has 1 amide bonds. The number of esters is 1. The number of hydrogen-bond acceptors (Lipinski definition) is 5. The van der Waals surface area contributed by atoms with E-state index in [2.05, 4.69) is 4.98 Å². The van der Waals surface area contributed by atoms with Crippen LogP contribution in [0.1, 0.15) is 36.5 Å². The number of halogens is 1. The fourth-order valence-corrected chi connectivity index (χ4v) is 5.46. The lowest BCUT2D eigenvalue weighted by Crippen LogP contribution is -2.46. The molecule has 1 aromatic carbocycles. The predicted octanol–water partition coefficient (Wildman–Crippen LogP) is 4.00. The van der Waals surface area contributed by atoms with E-state index in [1.54, 1.807) is 16.7 Å². The Kier molecular flexibility index (Phi) is 4.59. The van der Waals surface area contributed by atoms with Crippen molar-refractivity contribution in [1.29, 1.82) is 0 Å². The zero-order chi connectivity index (χ0) is 19.3. The average Bonchev–Trinajstić information content (AvgIpc) is 3.13. The lowest BCUT2D eigenvalue weighted by molar-refractivity contribution is -0.154. The van der Waals surface area contributed by atoms with Gasteiger partial charge in [-0.1, -0.05) is 23.7 Å². The Labute approximate surface area is 167 Å². The van der Waals surface area contributed by atoms with E-state index >= 15 is 0 Å². The van der Waals surface area contributed by atoms with Crippen molar-refractivity contribution in [2.24, 2.45) is 0 Å². The molecule has 2 atom stereocenters. The molecule has 0 radical (unpaired) electrons. The number of pyridine rings is 1. The zero-order valence-corrected chi connectivity index (χ0v) is 17.1. The number of hydrogen-bond donors (Lipinski definition) is 0. The normalized spacial score (nSPS) is 24.5. The van der Waals surface area contributed by atoms with Crippen LogP contribution >= 0.6 is 23.4 Å². The molecule has 0 aliphatic carbocycles. The molecule has 2 aliphatic rings. The van der Waals surface area contributed by atoms with Crippen molar-refractivity contribution in [3.8, 4) is 0 Å². The first-order valence-corrected chi connectivity index (χ1v) is 10.3. The zero-order valence-electron chi connectivity index (χ0n) is 15.5. The van der Waals surface area contributed by atoms with E-state index in [1.165, 1.54) is 0 Å². The number of carbonyl (C=O) groups excluding carboxylic acids is 2. The van der Waals surface area contributed by atoms with Gasteiger partial charge < -0.3 is 9.64 Å². The van der Waals surface area contributed by atoms with Gasteiger partial charge in [-0.3, -0.25) is 4.79 Å². The monoisotopic (exact) mass is 404 g/mol. The van der Waals surface area contributed by atoms with E-state index in [9.17, 15) is 9.59 Å². The number of nitrogens with zero attached hydrogens (tertiary/aromatic N) is 2. The molecule has 142 valence electrons. The average molecular weight is 405 g/mol. The number of aromatic nitrogens is 1. The number of amides is 1. The third-order valence-electron chi connectivity index (χ3n) is 5.62. The van der Waals surface area contributed by atoms with Crippen molar-refractivity contribution in [3.63, 3.8) is 0 Å². The summed E-state index contributed by atoms with van der Waals surface area (Å²) in [6, 6.07) is 5.43. The summed E-state index contributed by atoms with van der Waals surface area (Å²) in [6.07, 6.45) is 1.27. The number of carbonyl (C=O) groups is 2. The number of benzene rings is 1. The lowest BCUT2D eigenvalue weighted by Gasteiger charge is -2.29. The molecule has 4 rings (SSSR count). The molecule has 2 saturated heterocycles. The van der Waals surface area contributed by atoms with E-state index < -0.39 is 6.04 Å². The molecule has 0 spiro atoms. The van der Waals surface area contributed by atoms with E-state index in [0.717, 1.165) is 28.5 Å². The van der Waals surface area contributed by atoms with Gasteiger partial charge in [0.1, 0.15) is 17.8 Å². The van der Waals surface area contributed by atoms with E-state index in [4.69, 9.17) is 16.3 Å². The Hall–Kier alpha value is -1.79. The summed E-state index contributed by atoms with van der Waals surface area (Å²) in [7, 11) is 0. The summed E-state index contributed by atoms with van der Waals surface area (Å²) in [5, 5.41) is 1.30. The van der Waals surface area contributed by atoms with Crippen LogP contribution < -0.4 is 0 Å². The van der Waals surface area contributed by atoms with Crippen LogP contribution in [0, 0.1) is 13.8 Å². The van der Waals surface area contributed by atoms with Crippen LogP contribution in [0.2, 0.25) is 5.15 Å². The summed E-state index contributed by atoms with van der Waals surface area (Å²) in [5.74, 6) is 0.224. The molecular formula is C20H21ClN2O3S. The van der Waals surface area contributed by atoms with Gasteiger partial charge in [0.2, 0.25) is 5.91 Å². The Morgan fingerprint density at radius 1 is 1.44 bits per heavy atom. The Morgan fingerprint density at radius 3 is 3.00 bits per heavy atom. The van der Waals surface area contributed by atoms with Gasteiger partial charge in [-0.15, -0.1) is 11.8 Å².